The number of aryl methyl sites for hydroxylation is 1. The second-order valence-corrected chi connectivity index (χ2v) is 8.94. The Morgan fingerprint density at radius 1 is 1.10 bits per heavy atom. The van der Waals surface area contributed by atoms with E-state index in [1.54, 1.807) is 11.1 Å². The monoisotopic (exact) mass is 406 g/mol. The zero-order valence-electron chi connectivity index (χ0n) is 18.0. The van der Waals surface area contributed by atoms with Crippen LogP contribution in [0.1, 0.15) is 31.4 Å². The Kier molecular flexibility index (Phi) is 5.50. The zero-order chi connectivity index (χ0) is 21.3. The van der Waals surface area contributed by atoms with E-state index in [0.717, 1.165) is 11.4 Å². The fourth-order valence-corrected chi connectivity index (χ4v) is 4.60. The summed E-state index contributed by atoms with van der Waals surface area (Å²) in [5.41, 5.74) is 1.39. The lowest BCUT2D eigenvalue weighted by molar-refractivity contribution is -0.165. The van der Waals surface area contributed by atoms with Crippen molar-refractivity contribution in [3.05, 3.63) is 59.8 Å². The lowest BCUT2D eigenvalue weighted by atomic mass is 9.89. The van der Waals surface area contributed by atoms with Crippen molar-refractivity contribution in [1.82, 2.24) is 14.8 Å². The molecule has 0 saturated carbocycles. The van der Waals surface area contributed by atoms with E-state index in [0.29, 0.717) is 38.5 Å². The number of nitrogens with zero attached hydrogens (tertiary/aromatic N) is 4. The summed E-state index contributed by atoms with van der Waals surface area (Å²) in [4.78, 5) is 37.2. The normalized spacial score (nSPS) is 21.9. The van der Waals surface area contributed by atoms with Gasteiger partial charge in [0.25, 0.3) is 5.91 Å². The van der Waals surface area contributed by atoms with Crippen LogP contribution in [0.25, 0.3) is 0 Å². The molecule has 1 atom stereocenters. The number of benzene rings is 1. The van der Waals surface area contributed by atoms with E-state index < -0.39 is 5.54 Å². The highest BCUT2D eigenvalue weighted by molar-refractivity contribution is 5.99. The van der Waals surface area contributed by atoms with Crippen molar-refractivity contribution in [3.8, 4) is 0 Å². The topological polar surface area (TPSA) is 56.8 Å². The zero-order valence-corrected chi connectivity index (χ0v) is 18.0. The summed E-state index contributed by atoms with van der Waals surface area (Å²) >= 11 is 0. The van der Waals surface area contributed by atoms with Crippen LogP contribution in [0.2, 0.25) is 0 Å². The third kappa shape index (κ3) is 3.78. The second kappa shape index (κ2) is 8.09. The molecule has 1 unspecified atom stereocenters. The first kappa shape index (κ1) is 20.4. The number of rotatable bonds is 5. The number of piperazine rings is 1. The lowest BCUT2D eigenvalue weighted by Crippen LogP contribution is -2.69. The Morgan fingerprint density at radius 3 is 2.53 bits per heavy atom. The molecule has 2 fully saturated rings. The largest absolute Gasteiger partial charge is 0.354 e. The average molecular weight is 407 g/mol. The highest BCUT2D eigenvalue weighted by Crippen LogP contribution is 2.36. The van der Waals surface area contributed by atoms with Crippen molar-refractivity contribution in [3.63, 3.8) is 0 Å². The minimum Gasteiger partial charge on any atom is -0.354 e. The van der Waals surface area contributed by atoms with Crippen molar-refractivity contribution in [2.24, 2.45) is 5.92 Å². The molecule has 0 bridgehead atoms. The summed E-state index contributed by atoms with van der Waals surface area (Å²) in [5, 5.41) is 0. The van der Waals surface area contributed by atoms with E-state index in [1.165, 1.54) is 5.56 Å². The van der Waals surface area contributed by atoms with Crippen LogP contribution < -0.4 is 4.90 Å². The number of hydrogen-bond acceptors (Lipinski definition) is 4. The van der Waals surface area contributed by atoms with Gasteiger partial charge in [-0.25, -0.2) is 4.98 Å². The van der Waals surface area contributed by atoms with E-state index in [1.807, 2.05) is 42.2 Å². The predicted octanol–water partition coefficient (Wildman–Crippen LogP) is 2.87. The van der Waals surface area contributed by atoms with E-state index in [4.69, 9.17) is 0 Å². The lowest BCUT2D eigenvalue weighted by Gasteiger charge is -2.47. The summed E-state index contributed by atoms with van der Waals surface area (Å²) in [6.45, 7) is 8.62. The number of aromatic nitrogens is 1. The van der Waals surface area contributed by atoms with Gasteiger partial charge in [-0.3, -0.25) is 9.59 Å². The maximum atomic E-state index is 13.7. The first-order valence-corrected chi connectivity index (χ1v) is 10.7. The average Bonchev–Trinajstić information content (AvgIpc) is 3.17. The van der Waals surface area contributed by atoms with Crippen LogP contribution in [0.4, 0.5) is 5.82 Å². The fourth-order valence-electron chi connectivity index (χ4n) is 4.60. The van der Waals surface area contributed by atoms with Crippen molar-refractivity contribution in [1.29, 1.82) is 0 Å². The first-order chi connectivity index (χ1) is 14.4. The third-order valence-corrected chi connectivity index (χ3v) is 6.10. The van der Waals surface area contributed by atoms with Gasteiger partial charge in [-0.05, 0) is 37.0 Å². The maximum absolute atomic E-state index is 13.7. The van der Waals surface area contributed by atoms with Gasteiger partial charge >= 0.3 is 0 Å². The molecule has 1 aromatic carbocycles. The van der Waals surface area contributed by atoms with Crippen LogP contribution >= 0.6 is 0 Å². The van der Waals surface area contributed by atoms with Gasteiger partial charge in [-0.1, -0.05) is 49.7 Å². The Balaban J connectivity index is 1.67. The summed E-state index contributed by atoms with van der Waals surface area (Å²) in [5.74, 6) is 1.27. The van der Waals surface area contributed by atoms with Gasteiger partial charge in [0.15, 0.2) is 0 Å². The molecule has 2 amide bonds. The highest BCUT2D eigenvalue weighted by atomic mass is 16.2. The van der Waals surface area contributed by atoms with E-state index in [9.17, 15) is 9.59 Å². The SMILES string of the molecule is Cc1ccc(CN2C(=O)CN(CC(C)C)C(=O)C23CCN(c2ccccn2)C3)cc1. The molecule has 2 aliphatic heterocycles. The van der Waals surface area contributed by atoms with Crippen molar-refractivity contribution in [2.45, 2.75) is 39.3 Å². The fraction of sp³-hybridized carbons (Fsp3) is 0.458. The van der Waals surface area contributed by atoms with Crippen LogP contribution in [0.15, 0.2) is 48.7 Å². The number of pyridine rings is 1. The van der Waals surface area contributed by atoms with Crippen molar-refractivity contribution < 1.29 is 9.59 Å². The highest BCUT2D eigenvalue weighted by Gasteiger charge is 2.56. The maximum Gasteiger partial charge on any atom is 0.250 e. The summed E-state index contributed by atoms with van der Waals surface area (Å²) in [6.07, 6.45) is 2.39. The predicted molar refractivity (Wildman–Crippen MR) is 117 cm³/mol. The molecule has 2 saturated heterocycles. The third-order valence-electron chi connectivity index (χ3n) is 6.10. The van der Waals surface area contributed by atoms with E-state index >= 15 is 0 Å². The van der Waals surface area contributed by atoms with Crippen LogP contribution in [0, 0.1) is 12.8 Å². The molecular weight excluding hydrogens is 376 g/mol. The van der Waals surface area contributed by atoms with Gasteiger partial charge in [0.1, 0.15) is 11.4 Å². The Morgan fingerprint density at radius 2 is 1.87 bits per heavy atom. The molecule has 2 aliphatic rings. The van der Waals surface area contributed by atoms with Gasteiger partial charge in [0, 0.05) is 25.8 Å². The number of carbonyl (C=O) groups excluding carboxylic acids is 2. The molecular formula is C24H30N4O2. The standard InChI is InChI=1S/C24H30N4O2/c1-18(2)14-27-16-22(29)28(15-20-9-7-19(3)8-10-20)24(23(27)30)11-13-26(17-24)21-6-4-5-12-25-21/h4-10,12,18H,11,13-17H2,1-3H3. The number of hydrogen-bond donors (Lipinski definition) is 0. The van der Waals surface area contributed by atoms with Gasteiger partial charge in [0.05, 0.1) is 13.1 Å². The minimum absolute atomic E-state index is 0.0266. The molecule has 6 nitrogen and oxygen atoms in total. The summed E-state index contributed by atoms with van der Waals surface area (Å²) in [7, 11) is 0. The van der Waals surface area contributed by atoms with Gasteiger partial charge < -0.3 is 14.7 Å². The van der Waals surface area contributed by atoms with E-state index in [2.05, 4.69) is 35.9 Å². The molecule has 6 heteroatoms. The molecule has 1 aromatic heterocycles. The second-order valence-electron chi connectivity index (χ2n) is 8.94. The Labute approximate surface area is 178 Å². The molecule has 3 heterocycles. The van der Waals surface area contributed by atoms with Crippen LogP contribution in [0.5, 0.6) is 0 Å². The number of carbonyl (C=O) groups is 2. The Hall–Kier alpha value is -2.89. The molecule has 158 valence electrons. The van der Waals surface area contributed by atoms with E-state index in [-0.39, 0.29) is 18.4 Å². The van der Waals surface area contributed by atoms with Gasteiger partial charge in [0.2, 0.25) is 5.91 Å². The van der Waals surface area contributed by atoms with Crippen LogP contribution in [0.3, 0.4) is 0 Å². The quantitative estimate of drug-likeness (QED) is 0.766. The minimum atomic E-state index is -0.841. The smallest absolute Gasteiger partial charge is 0.250 e. The van der Waals surface area contributed by atoms with Crippen molar-refractivity contribution >= 4 is 17.6 Å². The summed E-state index contributed by atoms with van der Waals surface area (Å²) in [6, 6.07) is 14.0. The van der Waals surface area contributed by atoms with Crippen molar-refractivity contribution in [2.75, 3.05) is 31.1 Å². The first-order valence-electron chi connectivity index (χ1n) is 10.7. The molecule has 0 aliphatic carbocycles. The molecule has 4 rings (SSSR count). The molecule has 0 radical (unpaired) electrons. The Bertz CT molecular complexity index is 913. The van der Waals surface area contributed by atoms with Crippen LogP contribution in [-0.2, 0) is 16.1 Å². The number of amides is 2. The summed E-state index contributed by atoms with van der Waals surface area (Å²) < 4.78 is 0. The van der Waals surface area contributed by atoms with Crippen LogP contribution in [-0.4, -0.2) is 58.3 Å². The molecule has 0 N–H and O–H groups in total. The molecule has 1 spiro atoms. The van der Waals surface area contributed by atoms with Gasteiger partial charge in [-0.2, -0.15) is 0 Å². The number of anilines is 1. The molecule has 30 heavy (non-hydrogen) atoms. The molecule has 2 aromatic rings. The van der Waals surface area contributed by atoms with Gasteiger partial charge in [-0.15, -0.1) is 0 Å².